The van der Waals surface area contributed by atoms with Gasteiger partial charge in [0.2, 0.25) is 5.91 Å². The molecular formula is C15H20N2O5. The van der Waals surface area contributed by atoms with Crippen molar-refractivity contribution < 1.29 is 19.2 Å². The van der Waals surface area contributed by atoms with E-state index in [1.165, 1.54) is 25.1 Å². The number of esters is 1. The zero-order valence-corrected chi connectivity index (χ0v) is 12.9. The van der Waals surface area contributed by atoms with Gasteiger partial charge in [-0.3, -0.25) is 14.9 Å². The molecule has 22 heavy (non-hydrogen) atoms. The maximum Gasteiger partial charge on any atom is 0.328 e. The number of hydrogen-bond donors (Lipinski definition) is 1. The minimum Gasteiger partial charge on any atom is -0.464 e. The molecule has 7 heteroatoms. The van der Waals surface area contributed by atoms with Crippen LogP contribution in [-0.2, 0) is 20.7 Å². The molecule has 0 aliphatic carbocycles. The third kappa shape index (κ3) is 5.90. The molecule has 0 fully saturated rings. The van der Waals surface area contributed by atoms with Gasteiger partial charge in [-0.05, 0) is 18.4 Å². The SMILES string of the molecule is CC(C)COC(=O)[C@H](C)NC(=O)Cc1cccc([N+](=O)[O-])c1. The molecule has 0 aromatic heterocycles. The summed E-state index contributed by atoms with van der Waals surface area (Å²) < 4.78 is 5.02. The number of carbonyl (C=O) groups excluding carboxylic acids is 2. The van der Waals surface area contributed by atoms with Crippen LogP contribution in [0.15, 0.2) is 24.3 Å². The monoisotopic (exact) mass is 308 g/mol. The first-order valence-corrected chi connectivity index (χ1v) is 6.99. The van der Waals surface area contributed by atoms with Crippen LogP contribution in [-0.4, -0.2) is 29.4 Å². The van der Waals surface area contributed by atoms with Gasteiger partial charge in [-0.15, -0.1) is 0 Å². The van der Waals surface area contributed by atoms with Crippen LogP contribution in [0.25, 0.3) is 0 Å². The van der Waals surface area contributed by atoms with Crippen molar-refractivity contribution in [1.82, 2.24) is 5.32 Å². The number of hydrogen-bond acceptors (Lipinski definition) is 5. The van der Waals surface area contributed by atoms with Crippen LogP contribution in [0.5, 0.6) is 0 Å². The van der Waals surface area contributed by atoms with Crippen molar-refractivity contribution in [2.75, 3.05) is 6.61 Å². The first kappa shape index (κ1) is 17.6. The van der Waals surface area contributed by atoms with Gasteiger partial charge in [-0.25, -0.2) is 4.79 Å². The average Bonchev–Trinajstić information content (AvgIpc) is 2.44. The molecule has 1 aromatic carbocycles. The summed E-state index contributed by atoms with van der Waals surface area (Å²) >= 11 is 0. The Bertz CT molecular complexity index is 557. The second kappa shape index (κ2) is 8.11. The van der Waals surface area contributed by atoms with E-state index in [0.717, 1.165) is 0 Å². The van der Waals surface area contributed by atoms with Crippen LogP contribution in [0.2, 0.25) is 0 Å². The minimum atomic E-state index is -0.759. The van der Waals surface area contributed by atoms with E-state index in [1.54, 1.807) is 6.07 Å². The molecule has 120 valence electrons. The highest BCUT2D eigenvalue weighted by molar-refractivity contribution is 5.85. The van der Waals surface area contributed by atoms with Crippen LogP contribution in [0.1, 0.15) is 26.3 Å². The van der Waals surface area contributed by atoms with Crippen molar-refractivity contribution in [1.29, 1.82) is 0 Å². The highest BCUT2D eigenvalue weighted by Gasteiger charge is 2.18. The minimum absolute atomic E-state index is 0.0382. The number of amides is 1. The number of non-ortho nitro benzene ring substituents is 1. The summed E-state index contributed by atoms with van der Waals surface area (Å²) in [4.78, 5) is 33.7. The molecule has 1 aromatic rings. The number of nitrogens with zero attached hydrogens (tertiary/aromatic N) is 1. The molecule has 0 radical (unpaired) electrons. The van der Waals surface area contributed by atoms with E-state index in [-0.39, 0.29) is 18.0 Å². The van der Waals surface area contributed by atoms with Crippen LogP contribution in [0.4, 0.5) is 5.69 Å². The Kier molecular flexibility index (Phi) is 6.49. The maximum absolute atomic E-state index is 11.9. The molecule has 1 N–H and O–H groups in total. The first-order chi connectivity index (χ1) is 10.3. The number of carbonyl (C=O) groups is 2. The number of nitro groups is 1. The number of benzene rings is 1. The zero-order chi connectivity index (χ0) is 16.7. The second-order valence-corrected chi connectivity index (χ2v) is 5.42. The van der Waals surface area contributed by atoms with Crippen LogP contribution in [0.3, 0.4) is 0 Å². The lowest BCUT2D eigenvalue weighted by Gasteiger charge is -2.14. The third-order valence-corrected chi connectivity index (χ3v) is 2.78. The number of ether oxygens (including phenoxy) is 1. The van der Waals surface area contributed by atoms with E-state index in [1.807, 2.05) is 13.8 Å². The summed E-state index contributed by atoms with van der Waals surface area (Å²) in [5.74, 6) is -0.674. The maximum atomic E-state index is 11.9. The first-order valence-electron chi connectivity index (χ1n) is 6.99. The van der Waals surface area contributed by atoms with Gasteiger partial charge >= 0.3 is 5.97 Å². The fourth-order valence-corrected chi connectivity index (χ4v) is 1.69. The standard InChI is InChI=1S/C15H20N2O5/c1-10(2)9-22-15(19)11(3)16-14(18)8-12-5-4-6-13(7-12)17(20)21/h4-7,10-11H,8-9H2,1-3H3,(H,16,18)/t11-/m0/s1. The van der Waals surface area contributed by atoms with Gasteiger partial charge in [-0.2, -0.15) is 0 Å². The van der Waals surface area contributed by atoms with E-state index in [4.69, 9.17) is 4.74 Å². The summed E-state index contributed by atoms with van der Waals surface area (Å²) in [5, 5.41) is 13.2. The van der Waals surface area contributed by atoms with Crippen molar-refractivity contribution >= 4 is 17.6 Å². The lowest BCUT2D eigenvalue weighted by Crippen LogP contribution is -2.40. The Balaban J connectivity index is 2.53. The molecule has 0 saturated carbocycles. The molecule has 7 nitrogen and oxygen atoms in total. The van der Waals surface area contributed by atoms with E-state index >= 15 is 0 Å². The highest BCUT2D eigenvalue weighted by Crippen LogP contribution is 2.13. The normalized spacial score (nSPS) is 11.8. The van der Waals surface area contributed by atoms with Crippen molar-refractivity contribution in [3.8, 4) is 0 Å². The van der Waals surface area contributed by atoms with Gasteiger partial charge in [0.15, 0.2) is 0 Å². The van der Waals surface area contributed by atoms with Gasteiger partial charge in [0.1, 0.15) is 6.04 Å². The van der Waals surface area contributed by atoms with E-state index < -0.39 is 22.8 Å². The largest absolute Gasteiger partial charge is 0.464 e. The summed E-state index contributed by atoms with van der Waals surface area (Å²) in [6.07, 6.45) is -0.0382. The molecule has 1 atom stereocenters. The van der Waals surface area contributed by atoms with Gasteiger partial charge in [0.05, 0.1) is 18.0 Å². The summed E-state index contributed by atoms with van der Waals surface area (Å²) in [6.45, 7) is 5.66. The molecule has 1 rings (SSSR count). The molecule has 0 aliphatic heterocycles. The smallest absolute Gasteiger partial charge is 0.328 e. The van der Waals surface area contributed by atoms with Crippen molar-refractivity contribution in [2.24, 2.45) is 5.92 Å². The summed E-state index contributed by atoms with van der Waals surface area (Å²) in [6, 6.07) is 5.06. The van der Waals surface area contributed by atoms with E-state index in [9.17, 15) is 19.7 Å². The Hall–Kier alpha value is -2.44. The van der Waals surface area contributed by atoms with Gasteiger partial charge in [-0.1, -0.05) is 26.0 Å². The second-order valence-electron chi connectivity index (χ2n) is 5.42. The molecule has 0 heterocycles. The third-order valence-electron chi connectivity index (χ3n) is 2.78. The van der Waals surface area contributed by atoms with E-state index in [0.29, 0.717) is 12.2 Å². The van der Waals surface area contributed by atoms with Gasteiger partial charge < -0.3 is 10.1 Å². The molecule has 0 saturated heterocycles. The molecule has 0 spiro atoms. The van der Waals surface area contributed by atoms with E-state index in [2.05, 4.69) is 5.32 Å². The molecular weight excluding hydrogens is 288 g/mol. The number of nitrogens with one attached hydrogen (secondary N) is 1. The highest BCUT2D eigenvalue weighted by atomic mass is 16.6. The van der Waals surface area contributed by atoms with Gasteiger partial charge in [0.25, 0.3) is 5.69 Å². The summed E-state index contributed by atoms with van der Waals surface area (Å²) in [7, 11) is 0. The van der Waals surface area contributed by atoms with Gasteiger partial charge in [0, 0.05) is 12.1 Å². The lowest BCUT2D eigenvalue weighted by atomic mass is 10.1. The predicted octanol–water partition coefficient (Wildman–Crippen LogP) is 1.84. The van der Waals surface area contributed by atoms with Crippen LogP contribution >= 0.6 is 0 Å². The molecule has 0 bridgehead atoms. The van der Waals surface area contributed by atoms with Crippen molar-refractivity contribution in [3.63, 3.8) is 0 Å². The fourth-order valence-electron chi connectivity index (χ4n) is 1.69. The van der Waals surface area contributed by atoms with Crippen LogP contribution < -0.4 is 5.32 Å². The van der Waals surface area contributed by atoms with Crippen molar-refractivity contribution in [2.45, 2.75) is 33.2 Å². The Morgan fingerprint density at radius 1 is 1.32 bits per heavy atom. The Morgan fingerprint density at radius 3 is 2.59 bits per heavy atom. The van der Waals surface area contributed by atoms with Crippen molar-refractivity contribution in [3.05, 3.63) is 39.9 Å². The van der Waals surface area contributed by atoms with Crippen LogP contribution in [0, 0.1) is 16.0 Å². The zero-order valence-electron chi connectivity index (χ0n) is 12.9. The number of nitro benzene ring substituents is 1. The molecule has 0 aliphatic rings. The predicted molar refractivity (Wildman–Crippen MR) is 80.2 cm³/mol. The number of rotatable bonds is 7. The lowest BCUT2D eigenvalue weighted by molar-refractivity contribution is -0.384. The Morgan fingerprint density at radius 2 is 2.00 bits per heavy atom. The molecule has 1 amide bonds. The molecule has 0 unspecified atom stereocenters. The fraction of sp³-hybridized carbons (Fsp3) is 0.467. The summed E-state index contributed by atoms with van der Waals surface area (Å²) in [5.41, 5.74) is 0.434. The quantitative estimate of drug-likeness (QED) is 0.471. The average molecular weight is 308 g/mol. The topological polar surface area (TPSA) is 98.5 Å². The Labute approximate surface area is 128 Å².